The van der Waals surface area contributed by atoms with E-state index in [1.165, 1.54) is 0 Å². The van der Waals surface area contributed by atoms with E-state index in [1.807, 2.05) is 0 Å². The first-order chi connectivity index (χ1) is 9.64. The highest BCUT2D eigenvalue weighted by molar-refractivity contribution is 7.89. The fourth-order valence-corrected chi connectivity index (χ4v) is 3.19. The van der Waals surface area contributed by atoms with Gasteiger partial charge in [0.25, 0.3) is 0 Å². The standard InChI is InChI=1S/C12H16ClFN2O4S/c1-15(2)5-6-16(8-12(17)18)21(19,20)9-3-4-11(14)10(13)7-9/h3-4,7H,5-6,8H2,1-2H3,(H,17,18). The highest BCUT2D eigenvalue weighted by atomic mass is 35.5. The number of aliphatic carboxylic acids is 1. The normalized spacial score (nSPS) is 12.1. The van der Waals surface area contributed by atoms with Gasteiger partial charge >= 0.3 is 5.97 Å². The summed E-state index contributed by atoms with van der Waals surface area (Å²) in [4.78, 5) is 12.3. The third-order valence-corrected chi connectivity index (χ3v) is 4.77. The zero-order valence-corrected chi connectivity index (χ0v) is 13.2. The van der Waals surface area contributed by atoms with Crippen LogP contribution in [0.25, 0.3) is 0 Å². The Bertz CT molecular complexity index is 622. The largest absolute Gasteiger partial charge is 0.480 e. The summed E-state index contributed by atoms with van der Waals surface area (Å²) in [6, 6.07) is 2.96. The molecule has 6 nitrogen and oxygen atoms in total. The van der Waals surface area contributed by atoms with Crippen molar-refractivity contribution < 1.29 is 22.7 Å². The van der Waals surface area contributed by atoms with Gasteiger partial charge in [-0.25, -0.2) is 12.8 Å². The third kappa shape index (κ3) is 4.92. The molecule has 21 heavy (non-hydrogen) atoms. The minimum atomic E-state index is -4.06. The highest BCUT2D eigenvalue weighted by Gasteiger charge is 2.27. The fraction of sp³-hybridized carbons (Fsp3) is 0.417. The molecule has 0 radical (unpaired) electrons. The van der Waals surface area contributed by atoms with Crippen LogP contribution in [0.5, 0.6) is 0 Å². The summed E-state index contributed by atoms with van der Waals surface area (Å²) < 4.78 is 38.7. The van der Waals surface area contributed by atoms with Gasteiger partial charge in [-0.15, -0.1) is 0 Å². The molecular formula is C12H16ClFN2O4S. The summed E-state index contributed by atoms with van der Waals surface area (Å²) >= 11 is 5.58. The Balaban J connectivity index is 3.12. The Morgan fingerprint density at radius 2 is 1.95 bits per heavy atom. The van der Waals surface area contributed by atoms with Crippen LogP contribution in [0.4, 0.5) is 4.39 Å². The first-order valence-corrected chi connectivity index (χ1v) is 7.78. The predicted octanol–water partition coefficient (Wildman–Crippen LogP) is 1.12. The van der Waals surface area contributed by atoms with Gasteiger partial charge < -0.3 is 10.0 Å². The summed E-state index contributed by atoms with van der Waals surface area (Å²) in [7, 11) is -0.583. The predicted molar refractivity (Wildman–Crippen MR) is 76.4 cm³/mol. The van der Waals surface area contributed by atoms with Crippen molar-refractivity contribution in [2.24, 2.45) is 0 Å². The summed E-state index contributed by atoms with van der Waals surface area (Å²) in [5.41, 5.74) is 0. The summed E-state index contributed by atoms with van der Waals surface area (Å²) in [6.07, 6.45) is 0. The quantitative estimate of drug-likeness (QED) is 0.806. The smallest absolute Gasteiger partial charge is 0.318 e. The van der Waals surface area contributed by atoms with Crippen molar-refractivity contribution >= 4 is 27.6 Å². The van der Waals surface area contributed by atoms with Gasteiger partial charge in [0, 0.05) is 13.1 Å². The Hall–Kier alpha value is -1.22. The molecule has 0 unspecified atom stereocenters. The van der Waals surface area contributed by atoms with Crippen molar-refractivity contribution in [2.75, 3.05) is 33.7 Å². The number of halogens is 2. The second-order valence-corrected chi connectivity index (χ2v) is 6.96. The van der Waals surface area contributed by atoms with E-state index in [2.05, 4.69) is 0 Å². The second kappa shape index (κ2) is 7.17. The van der Waals surface area contributed by atoms with Crippen molar-refractivity contribution in [3.8, 4) is 0 Å². The Morgan fingerprint density at radius 3 is 2.43 bits per heavy atom. The van der Waals surface area contributed by atoms with Crippen LogP contribution < -0.4 is 0 Å². The molecule has 0 aromatic heterocycles. The highest BCUT2D eigenvalue weighted by Crippen LogP contribution is 2.22. The van der Waals surface area contributed by atoms with E-state index >= 15 is 0 Å². The van der Waals surface area contributed by atoms with Crippen LogP contribution in [0.2, 0.25) is 5.02 Å². The lowest BCUT2D eigenvalue weighted by atomic mass is 10.3. The van der Waals surface area contributed by atoms with Gasteiger partial charge in [-0.2, -0.15) is 4.31 Å². The number of carboxylic acids is 1. The van der Waals surface area contributed by atoms with Gasteiger partial charge in [0.1, 0.15) is 12.4 Å². The summed E-state index contributed by atoms with van der Waals surface area (Å²) in [5.74, 6) is -2.01. The molecule has 0 saturated carbocycles. The number of benzene rings is 1. The lowest BCUT2D eigenvalue weighted by Crippen LogP contribution is -2.39. The number of hydrogen-bond donors (Lipinski definition) is 1. The SMILES string of the molecule is CN(C)CCN(CC(=O)O)S(=O)(=O)c1ccc(F)c(Cl)c1. The van der Waals surface area contributed by atoms with Gasteiger partial charge in [0.2, 0.25) is 10.0 Å². The minimum absolute atomic E-state index is 0.00334. The van der Waals surface area contributed by atoms with Gasteiger partial charge in [0.05, 0.1) is 9.92 Å². The second-order valence-electron chi connectivity index (χ2n) is 4.61. The molecule has 0 amide bonds. The van der Waals surface area contributed by atoms with Crippen molar-refractivity contribution in [3.05, 3.63) is 29.0 Å². The number of rotatable bonds is 7. The molecular weight excluding hydrogens is 323 g/mol. The summed E-state index contributed by atoms with van der Waals surface area (Å²) in [6.45, 7) is -0.330. The number of nitrogens with zero attached hydrogens (tertiary/aromatic N) is 2. The molecule has 0 heterocycles. The van der Waals surface area contributed by atoms with E-state index in [4.69, 9.17) is 16.7 Å². The maximum atomic E-state index is 13.1. The third-order valence-electron chi connectivity index (χ3n) is 2.64. The van der Waals surface area contributed by atoms with Crippen LogP contribution in [0.1, 0.15) is 0 Å². The molecule has 1 N–H and O–H groups in total. The molecule has 0 atom stereocenters. The van der Waals surface area contributed by atoms with Crippen LogP contribution in [-0.2, 0) is 14.8 Å². The van der Waals surface area contributed by atoms with E-state index in [1.54, 1.807) is 19.0 Å². The number of carbonyl (C=O) groups is 1. The van der Waals surface area contributed by atoms with Gasteiger partial charge in [-0.1, -0.05) is 11.6 Å². The van der Waals surface area contributed by atoms with Gasteiger partial charge in [-0.05, 0) is 32.3 Å². The lowest BCUT2D eigenvalue weighted by Gasteiger charge is -2.22. The van der Waals surface area contributed by atoms with Crippen LogP contribution >= 0.6 is 11.6 Å². The van der Waals surface area contributed by atoms with Crippen molar-refractivity contribution in [3.63, 3.8) is 0 Å². The first-order valence-electron chi connectivity index (χ1n) is 5.96. The van der Waals surface area contributed by atoms with Crippen LogP contribution in [0, 0.1) is 5.82 Å². The minimum Gasteiger partial charge on any atom is -0.480 e. The molecule has 1 rings (SSSR count). The summed E-state index contributed by atoms with van der Waals surface area (Å²) in [5, 5.41) is 8.52. The average Bonchev–Trinajstić information content (AvgIpc) is 2.36. The van der Waals surface area contributed by atoms with E-state index in [0.29, 0.717) is 6.54 Å². The van der Waals surface area contributed by atoms with E-state index < -0.39 is 28.4 Å². The van der Waals surface area contributed by atoms with E-state index in [-0.39, 0.29) is 16.5 Å². The lowest BCUT2D eigenvalue weighted by molar-refractivity contribution is -0.137. The maximum absolute atomic E-state index is 13.1. The fourth-order valence-electron chi connectivity index (χ4n) is 1.53. The molecule has 0 saturated heterocycles. The molecule has 0 aliphatic rings. The number of carboxylic acid groups (broad SMARTS) is 1. The molecule has 9 heteroatoms. The average molecular weight is 339 g/mol. The molecule has 0 fully saturated rings. The zero-order chi connectivity index (χ0) is 16.2. The Labute approximate surface area is 127 Å². The molecule has 118 valence electrons. The van der Waals surface area contributed by atoms with Crippen molar-refractivity contribution in [2.45, 2.75) is 4.90 Å². The topological polar surface area (TPSA) is 77.9 Å². The molecule has 0 bridgehead atoms. The number of likely N-dealkylation sites (N-methyl/N-ethyl adjacent to an activating group) is 1. The molecule has 0 spiro atoms. The van der Waals surface area contributed by atoms with Crippen molar-refractivity contribution in [1.29, 1.82) is 0 Å². The van der Waals surface area contributed by atoms with Crippen LogP contribution in [0.3, 0.4) is 0 Å². The first kappa shape index (κ1) is 17.8. The Morgan fingerprint density at radius 1 is 1.33 bits per heavy atom. The van der Waals surface area contributed by atoms with E-state index in [0.717, 1.165) is 22.5 Å². The van der Waals surface area contributed by atoms with Gasteiger partial charge in [-0.3, -0.25) is 4.79 Å². The van der Waals surface area contributed by atoms with Crippen LogP contribution in [-0.4, -0.2) is 62.4 Å². The van der Waals surface area contributed by atoms with Crippen LogP contribution in [0.15, 0.2) is 23.1 Å². The number of sulfonamides is 1. The number of hydrogen-bond acceptors (Lipinski definition) is 4. The molecule has 1 aromatic rings. The molecule has 0 aliphatic carbocycles. The zero-order valence-electron chi connectivity index (χ0n) is 11.6. The molecule has 1 aromatic carbocycles. The van der Waals surface area contributed by atoms with Crippen molar-refractivity contribution in [1.82, 2.24) is 9.21 Å². The molecule has 0 aliphatic heterocycles. The maximum Gasteiger partial charge on any atom is 0.318 e. The van der Waals surface area contributed by atoms with Gasteiger partial charge in [0.15, 0.2) is 0 Å². The van der Waals surface area contributed by atoms with E-state index in [9.17, 15) is 17.6 Å². The Kier molecular flexibility index (Phi) is 6.09. The monoisotopic (exact) mass is 338 g/mol.